The molecule has 0 unspecified atom stereocenters. The number of imidazole rings is 1. The number of sulfonamides is 1. The van der Waals surface area contributed by atoms with E-state index >= 15 is 0 Å². The minimum atomic E-state index is -3.73. The quantitative estimate of drug-likeness (QED) is 0.317. The van der Waals surface area contributed by atoms with Gasteiger partial charge in [-0.2, -0.15) is 0 Å². The van der Waals surface area contributed by atoms with Gasteiger partial charge in [-0.15, -0.1) is 11.3 Å². The van der Waals surface area contributed by atoms with Gasteiger partial charge in [-0.05, 0) is 37.8 Å². The van der Waals surface area contributed by atoms with E-state index in [-0.39, 0.29) is 35.6 Å². The Kier molecular flexibility index (Phi) is 7.74. The summed E-state index contributed by atoms with van der Waals surface area (Å²) in [5.41, 5.74) is 1.21. The fourth-order valence-corrected chi connectivity index (χ4v) is 6.96. The number of carbonyl (C=O) groups is 1. The summed E-state index contributed by atoms with van der Waals surface area (Å²) in [7, 11) is -3.73. The van der Waals surface area contributed by atoms with Crippen LogP contribution in [-0.4, -0.2) is 61.4 Å². The van der Waals surface area contributed by atoms with Crippen LogP contribution in [0.25, 0.3) is 10.4 Å². The van der Waals surface area contributed by atoms with Crippen LogP contribution in [0.2, 0.25) is 0 Å². The van der Waals surface area contributed by atoms with Gasteiger partial charge < -0.3 is 25.1 Å². The first-order valence-corrected chi connectivity index (χ1v) is 14.6. The number of benzene rings is 1. The molecule has 3 aromatic rings. The standard InChI is InChI=1S/C24H30N6O5S2/c1-2-28-37(32,33)21-11-17(29-23-25-9-10-26-23)7-8-19(21)20-12-27-22(36-20)15-3-5-16(6-4-15)30-24(31)35-18-13-34-14-18/h7-12,15-16,18,28H,2-6,13-14H2,1H3,(H,30,31)(H2,25,26,29). The summed E-state index contributed by atoms with van der Waals surface area (Å²) in [5, 5.41) is 7.03. The van der Waals surface area contributed by atoms with Crippen molar-refractivity contribution >= 4 is 39.1 Å². The number of H-pyrrole nitrogens is 1. The molecule has 13 heteroatoms. The molecule has 1 saturated carbocycles. The maximum atomic E-state index is 13.1. The first kappa shape index (κ1) is 25.6. The summed E-state index contributed by atoms with van der Waals surface area (Å²) in [4.78, 5) is 24.8. The highest BCUT2D eigenvalue weighted by Gasteiger charge is 2.29. The molecule has 2 aromatic heterocycles. The number of hydrogen-bond donors (Lipinski definition) is 4. The Morgan fingerprint density at radius 3 is 2.70 bits per heavy atom. The zero-order valence-corrected chi connectivity index (χ0v) is 22.0. The smallest absolute Gasteiger partial charge is 0.407 e. The second-order valence-corrected chi connectivity index (χ2v) is 11.9. The van der Waals surface area contributed by atoms with Gasteiger partial charge in [-0.25, -0.2) is 27.9 Å². The van der Waals surface area contributed by atoms with E-state index in [1.807, 2.05) is 6.07 Å². The number of aromatic amines is 1. The van der Waals surface area contributed by atoms with Crippen molar-refractivity contribution in [1.82, 2.24) is 25.0 Å². The molecule has 0 radical (unpaired) electrons. The summed E-state index contributed by atoms with van der Waals surface area (Å²) >= 11 is 1.52. The number of hydrogen-bond acceptors (Lipinski definition) is 9. The fraction of sp³-hybridized carbons (Fsp3) is 0.458. The number of aromatic nitrogens is 3. The lowest BCUT2D eigenvalue weighted by molar-refractivity contribution is -0.0985. The SMILES string of the molecule is CCNS(=O)(=O)c1cc(Nc2ncc[nH]2)ccc1-c1cnc(C2CCC(NC(=O)OC3COC3)CC2)s1. The van der Waals surface area contributed by atoms with Crippen LogP contribution in [0.15, 0.2) is 41.7 Å². The maximum absolute atomic E-state index is 13.1. The monoisotopic (exact) mass is 546 g/mol. The Bertz CT molecular complexity index is 1320. The van der Waals surface area contributed by atoms with E-state index in [9.17, 15) is 13.2 Å². The number of alkyl carbamates (subject to hydrolysis) is 1. The van der Waals surface area contributed by atoms with Crippen LogP contribution < -0.4 is 15.4 Å². The Balaban J connectivity index is 1.28. The van der Waals surface area contributed by atoms with E-state index in [1.54, 1.807) is 37.6 Å². The van der Waals surface area contributed by atoms with Crippen molar-refractivity contribution in [3.05, 3.63) is 41.8 Å². The summed E-state index contributed by atoms with van der Waals surface area (Å²) in [6.07, 6.45) is 7.98. The van der Waals surface area contributed by atoms with Gasteiger partial charge in [0.1, 0.15) is 0 Å². The number of amides is 1. The third-order valence-corrected chi connectivity index (χ3v) is 9.21. The number of anilines is 2. The number of ether oxygens (including phenoxy) is 2. The summed E-state index contributed by atoms with van der Waals surface area (Å²) in [6.45, 7) is 2.96. The summed E-state index contributed by atoms with van der Waals surface area (Å²) in [6, 6.07) is 5.32. The van der Waals surface area contributed by atoms with Gasteiger partial charge >= 0.3 is 6.09 Å². The van der Waals surface area contributed by atoms with E-state index in [1.165, 1.54) is 11.3 Å². The minimum absolute atomic E-state index is 0.0789. The molecular formula is C24H30N6O5S2. The van der Waals surface area contributed by atoms with Gasteiger partial charge in [0, 0.05) is 48.3 Å². The predicted molar refractivity (Wildman–Crippen MR) is 140 cm³/mol. The highest BCUT2D eigenvalue weighted by Crippen LogP contribution is 2.40. The molecule has 198 valence electrons. The van der Waals surface area contributed by atoms with Gasteiger partial charge in [0.15, 0.2) is 6.10 Å². The fourth-order valence-electron chi connectivity index (χ4n) is 4.48. The van der Waals surface area contributed by atoms with Crippen LogP contribution in [0.1, 0.15) is 43.5 Å². The molecule has 1 saturated heterocycles. The van der Waals surface area contributed by atoms with Crippen LogP contribution in [0.4, 0.5) is 16.4 Å². The number of rotatable bonds is 9. The van der Waals surface area contributed by atoms with E-state index < -0.39 is 10.0 Å². The Hall–Kier alpha value is -3.00. The number of nitrogens with one attached hydrogen (secondary N) is 4. The summed E-state index contributed by atoms with van der Waals surface area (Å²) < 4.78 is 39.1. The van der Waals surface area contributed by atoms with Crippen LogP contribution in [0.5, 0.6) is 0 Å². The first-order valence-electron chi connectivity index (χ1n) is 12.3. The Labute approximate surface area is 219 Å². The van der Waals surface area contributed by atoms with Gasteiger partial charge in [0.25, 0.3) is 0 Å². The molecule has 3 heterocycles. The largest absolute Gasteiger partial charge is 0.441 e. The molecular weight excluding hydrogens is 516 g/mol. The third-order valence-electron chi connectivity index (χ3n) is 6.44. The second kappa shape index (κ2) is 11.2. The molecule has 1 aromatic carbocycles. The molecule has 5 rings (SSSR count). The van der Waals surface area contributed by atoms with Gasteiger partial charge in [0.05, 0.1) is 28.0 Å². The molecule has 4 N–H and O–H groups in total. The normalized spacial score (nSPS) is 20.2. The topological polar surface area (TPSA) is 147 Å². The van der Waals surface area contributed by atoms with Crippen LogP contribution in [-0.2, 0) is 19.5 Å². The maximum Gasteiger partial charge on any atom is 0.407 e. The van der Waals surface area contributed by atoms with E-state index in [2.05, 4.69) is 30.3 Å². The molecule has 0 atom stereocenters. The lowest BCUT2D eigenvalue weighted by Gasteiger charge is -2.30. The van der Waals surface area contributed by atoms with Gasteiger partial charge in [0.2, 0.25) is 16.0 Å². The van der Waals surface area contributed by atoms with Crippen molar-refractivity contribution < 1.29 is 22.7 Å². The Morgan fingerprint density at radius 1 is 1.22 bits per heavy atom. The zero-order valence-electron chi connectivity index (χ0n) is 20.4. The van der Waals surface area contributed by atoms with Crippen LogP contribution >= 0.6 is 11.3 Å². The number of thiazole rings is 1. The number of carbonyl (C=O) groups excluding carboxylic acids is 1. The Morgan fingerprint density at radius 2 is 2.03 bits per heavy atom. The van der Waals surface area contributed by atoms with Crippen LogP contribution in [0, 0.1) is 0 Å². The third kappa shape index (κ3) is 6.12. The van der Waals surface area contributed by atoms with Crippen molar-refractivity contribution in [2.75, 3.05) is 25.1 Å². The average Bonchev–Trinajstić information content (AvgIpc) is 3.55. The lowest BCUT2D eigenvalue weighted by Crippen LogP contribution is -2.44. The molecule has 37 heavy (non-hydrogen) atoms. The highest BCUT2D eigenvalue weighted by atomic mass is 32.2. The van der Waals surface area contributed by atoms with E-state index in [0.717, 1.165) is 35.6 Å². The van der Waals surface area contributed by atoms with Crippen molar-refractivity contribution in [2.45, 2.75) is 55.6 Å². The van der Waals surface area contributed by atoms with Crippen molar-refractivity contribution in [1.29, 1.82) is 0 Å². The number of nitrogens with zero attached hydrogens (tertiary/aromatic N) is 2. The lowest BCUT2D eigenvalue weighted by atomic mass is 9.86. The van der Waals surface area contributed by atoms with Crippen molar-refractivity contribution in [2.24, 2.45) is 0 Å². The molecule has 1 aliphatic heterocycles. The minimum Gasteiger partial charge on any atom is -0.441 e. The molecule has 0 spiro atoms. The first-order chi connectivity index (χ1) is 17.9. The average molecular weight is 547 g/mol. The second-order valence-electron chi connectivity index (χ2n) is 9.10. The molecule has 2 aliphatic rings. The molecule has 2 fully saturated rings. The van der Waals surface area contributed by atoms with Crippen molar-refractivity contribution in [3.63, 3.8) is 0 Å². The molecule has 1 amide bonds. The highest BCUT2D eigenvalue weighted by molar-refractivity contribution is 7.89. The molecule has 11 nitrogen and oxygen atoms in total. The van der Waals surface area contributed by atoms with Crippen LogP contribution in [0.3, 0.4) is 0 Å². The van der Waals surface area contributed by atoms with Gasteiger partial charge in [-0.3, -0.25) is 0 Å². The van der Waals surface area contributed by atoms with E-state index in [0.29, 0.717) is 30.4 Å². The van der Waals surface area contributed by atoms with E-state index in [4.69, 9.17) is 9.47 Å². The zero-order chi connectivity index (χ0) is 25.8. The molecule has 1 aliphatic carbocycles. The van der Waals surface area contributed by atoms with Crippen molar-refractivity contribution in [3.8, 4) is 10.4 Å². The predicted octanol–water partition coefficient (Wildman–Crippen LogP) is 3.73. The molecule has 0 bridgehead atoms. The summed E-state index contributed by atoms with van der Waals surface area (Å²) in [5.74, 6) is 0.789. The van der Waals surface area contributed by atoms with Gasteiger partial charge in [-0.1, -0.05) is 13.0 Å².